The van der Waals surface area contributed by atoms with E-state index in [4.69, 9.17) is 0 Å². The molecule has 11 heteroatoms. The first-order chi connectivity index (χ1) is 18.6. The SMILES string of the molecule is N#CC1CCN(C(=O)N2CC(c3ccc(C(F)(F)F)cc3)CC(c3cc(-c4ccc(F)cc4F)n[nH]3)C2)CC1. The van der Waals surface area contributed by atoms with Crippen molar-refractivity contribution in [3.8, 4) is 17.3 Å². The largest absolute Gasteiger partial charge is 0.416 e. The number of nitriles is 1. The minimum atomic E-state index is -4.45. The molecule has 2 aliphatic rings. The zero-order valence-electron chi connectivity index (χ0n) is 20.9. The van der Waals surface area contributed by atoms with Crippen molar-refractivity contribution in [2.45, 2.75) is 37.3 Å². The molecule has 0 radical (unpaired) electrons. The molecule has 0 bridgehead atoms. The molecule has 1 aromatic heterocycles. The molecule has 2 fully saturated rings. The highest BCUT2D eigenvalue weighted by atomic mass is 19.4. The fourth-order valence-electron chi connectivity index (χ4n) is 5.45. The first kappa shape index (κ1) is 26.7. The minimum absolute atomic E-state index is 0.0849. The molecule has 2 atom stereocenters. The van der Waals surface area contributed by atoms with Gasteiger partial charge < -0.3 is 9.80 Å². The van der Waals surface area contributed by atoms with Crippen LogP contribution in [-0.4, -0.2) is 52.2 Å². The Labute approximate surface area is 222 Å². The lowest BCUT2D eigenvalue weighted by Crippen LogP contribution is -2.51. The molecule has 3 heterocycles. The lowest BCUT2D eigenvalue weighted by atomic mass is 9.82. The Hall–Kier alpha value is -3.94. The quantitative estimate of drug-likeness (QED) is 0.394. The number of hydrogen-bond donors (Lipinski definition) is 1. The molecule has 6 nitrogen and oxygen atoms in total. The zero-order chi connectivity index (χ0) is 27.7. The van der Waals surface area contributed by atoms with Gasteiger partial charge in [0.1, 0.15) is 11.6 Å². The van der Waals surface area contributed by atoms with Crippen molar-refractivity contribution in [1.29, 1.82) is 5.26 Å². The number of nitrogens with zero attached hydrogens (tertiary/aromatic N) is 4. The van der Waals surface area contributed by atoms with E-state index in [-0.39, 0.29) is 35.0 Å². The normalized spacial score (nSPS) is 20.6. The molecule has 39 heavy (non-hydrogen) atoms. The van der Waals surface area contributed by atoms with E-state index >= 15 is 0 Å². The summed E-state index contributed by atoms with van der Waals surface area (Å²) in [4.78, 5) is 16.9. The number of piperidine rings is 2. The number of likely N-dealkylation sites (tertiary alicyclic amines) is 2. The van der Waals surface area contributed by atoms with Crippen LogP contribution in [0.1, 0.15) is 47.9 Å². The fraction of sp³-hybridized carbons (Fsp3) is 0.393. The number of aromatic amines is 1. The molecule has 3 aromatic rings. The van der Waals surface area contributed by atoms with Gasteiger partial charge in [-0.05, 0) is 55.2 Å². The first-order valence-corrected chi connectivity index (χ1v) is 12.7. The molecular formula is C28H26F5N5O. The highest BCUT2D eigenvalue weighted by molar-refractivity contribution is 5.75. The van der Waals surface area contributed by atoms with Crippen molar-refractivity contribution in [1.82, 2.24) is 20.0 Å². The molecule has 2 amide bonds. The zero-order valence-corrected chi connectivity index (χ0v) is 20.9. The summed E-state index contributed by atoms with van der Waals surface area (Å²) in [6.07, 6.45) is -2.74. The van der Waals surface area contributed by atoms with E-state index in [0.29, 0.717) is 56.7 Å². The second kappa shape index (κ2) is 10.7. The summed E-state index contributed by atoms with van der Waals surface area (Å²) in [6.45, 7) is 1.58. The monoisotopic (exact) mass is 543 g/mol. The number of halogens is 5. The van der Waals surface area contributed by atoms with Gasteiger partial charge >= 0.3 is 12.2 Å². The Kier molecular flexibility index (Phi) is 7.30. The lowest BCUT2D eigenvalue weighted by molar-refractivity contribution is -0.137. The van der Waals surface area contributed by atoms with Gasteiger partial charge in [0.25, 0.3) is 0 Å². The molecule has 1 N–H and O–H groups in total. The van der Waals surface area contributed by atoms with Crippen molar-refractivity contribution in [3.63, 3.8) is 0 Å². The number of urea groups is 1. The molecule has 2 unspecified atom stereocenters. The van der Waals surface area contributed by atoms with E-state index in [1.807, 2.05) is 0 Å². The molecule has 2 aliphatic heterocycles. The lowest BCUT2D eigenvalue weighted by Gasteiger charge is -2.41. The molecule has 2 saturated heterocycles. The molecule has 2 aromatic carbocycles. The van der Waals surface area contributed by atoms with E-state index < -0.39 is 23.4 Å². The third kappa shape index (κ3) is 5.75. The third-order valence-electron chi connectivity index (χ3n) is 7.62. The van der Waals surface area contributed by atoms with Crippen LogP contribution in [0.4, 0.5) is 26.7 Å². The maximum absolute atomic E-state index is 14.4. The van der Waals surface area contributed by atoms with Crippen molar-refractivity contribution < 1.29 is 26.7 Å². The van der Waals surface area contributed by atoms with Crippen molar-refractivity contribution in [3.05, 3.63) is 77.0 Å². The second-order valence-electron chi connectivity index (χ2n) is 10.2. The Bertz CT molecular complexity index is 1370. The molecule has 5 rings (SSSR count). The van der Waals surface area contributed by atoms with Crippen LogP contribution in [0.15, 0.2) is 48.5 Å². The van der Waals surface area contributed by atoms with Gasteiger partial charge in [0.15, 0.2) is 0 Å². The molecule has 0 aliphatic carbocycles. The smallest absolute Gasteiger partial charge is 0.325 e. The Morgan fingerprint density at radius 1 is 0.974 bits per heavy atom. The van der Waals surface area contributed by atoms with E-state index in [1.165, 1.54) is 18.2 Å². The number of hydrogen-bond acceptors (Lipinski definition) is 3. The van der Waals surface area contributed by atoms with Crippen LogP contribution in [0.25, 0.3) is 11.3 Å². The predicted molar refractivity (Wildman–Crippen MR) is 132 cm³/mol. The topological polar surface area (TPSA) is 76.0 Å². The molecule has 0 saturated carbocycles. The highest BCUT2D eigenvalue weighted by Gasteiger charge is 2.36. The predicted octanol–water partition coefficient (Wildman–Crippen LogP) is 6.30. The van der Waals surface area contributed by atoms with E-state index in [0.717, 1.165) is 24.3 Å². The first-order valence-electron chi connectivity index (χ1n) is 12.7. The summed E-state index contributed by atoms with van der Waals surface area (Å²) in [5.74, 6) is -2.04. The summed E-state index contributed by atoms with van der Waals surface area (Å²) in [6, 6.07) is 11.9. The van der Waals surface area contributed by atoms with Gasteiger partial charge in [-0.25, -0.2) is 13.6 Å². The number of aromatic nitrogens is 2. The molecule has 204 valence electrons. The van der Waals surface area contributed by atoms with Crippen LogP contribution < -0.4 is 0 Å². The van der Waals surface area contributed by atoms with Crippen LogP contribution in [-0.2, 0) is 6.18 Å². The Morgan fingerprint density at radius 2 is 1.67 bits per heavy atom. The van der Waals surface area contributed by atoms with E-state index in [2.05, 4.69) is 16.3 Å². The maximum atomic E-state index is 14.4. The van der Waals surface area contributed by atoms with Gasteiger partial charge in [-0.3, -0.25) is 5.10 Å². The van der Waals surface area contributed by atoms with E-state index in [1.54, 1.807) is 15.9 Å². The maximum Gasteiger partial charge on any atom is 0.416 e. The van der Waals surface area contributed by atoms with Crippen LogP contribution in [0.2, 0.25) is 0 Å². The number of amides is 2. The minimum Gasteiger partial charge on any atom is -0.325 e. The van der Waals surface area contributed by atoms with Crippen molar-refractivity contribution in [2.24, 2.45) is 5.92 Å². The average molecular weight is 544 g/mol. The summed E-state index contributed by atoms with van der Waals surface area (Å²) in [7, 11) is 0. The number of rotatable bonds is 3. The second-order valence-corrected chi connectivity index (χ2v) is 10.2. The Morgan fingerprint density at radius 3 is 2.31 bits per heavy atom. The number of carbonyl (C=O) groups is 1. The summed E-state index contributed by atoms with van der Waals surface area (Å²) >= 11 is 0. The average Bonchev–Trinajstić information content (AvgIpc) is 3.42. The summed E-state index contributed by atoms with van der Waals surface area (Å²) in [5.41, 5.74) is 0.994. The van der Waals surface area contributed by atoms with Gasteiger partial charge in [0, 0.05) is 61.3 Å². The van der Waals surface area contributed by atoms with Crippen LogP contribution in [0.3, 0.4) is 0 Å². The summed E-state index contributed by atoms with van der Waals surface area (Å²) in [5, 5.41) is 16.3. The third-order valence-corrected chi connectivity index (χ3v) is 7.62. The van der Waals surface area contributed by atoms with Crippen LogP contribution in [0.5, 0.6) is 0 Å². The number of benzene rings is 2. The van der Waals surface area contributed by atoms with Gasteiger partial charge in [-0.1, -0.05) is 12.1 Å². The molecule has 0 spiro atoms. The van der Waals surface area contributed by atoms with E-state index in [9.17, 15) is 32.0 Å². The van der Waals surface area contributed by atoms with Gasteiger partial charge in [-0.2, -0.15) is 23.5 Å². The number of H-pyrrole nitrogens is 1. The fourth-order valence-corrected chi connectivity index (χ4v) is 5.45. The van der Waals surface area contributed by atoms with Gasteiger partial charge in [-0.15, -0.1) is 0 Å². The van der Waals surface area contributed by atoms with Gasteiger partial charge in [0.05, 0.1) is 17.3 Å². The summed E-state index contributed by atoms with van der Waals surface area (Å²) < 4.78 is 67.1. The Balaban J connectivity index is 1.41. The highest BCUT2D eigenvalue weighted by Crippen LogP contribution is 2.38. The standard InChI is InChI=1S/C28H26F5N5O/c29-22-5-6-23(24(30)12-22)26-13-25(35-36-26)20-11-19(18-1-3-21(4-2-18)28(31,32)33)15-38(16-20)27(39)37-9-7-17(14-34)8-10-37/h1-6,12-13,17,19-20H,7-11,15-16H2,(H,35,36). The molecular weight excluding hydrogens is 517 g/mol. The van der Waals surface area contributed by atoms with Gasteiger partial charge in [0.2, 0.25) is 0 Å². The number of carbonyl (C=O) groups excluding carboxylic acids is 1. The van der Waals surface area contributed by atoms with Crippen LogP contribution >= 0.6 is 0 Å². The number of nitrogens with one attached hydrogen (secondary N) is 1. The van der Waals surface area contributed by atoms with Crippen molar-refractivity contribution in [2.75, 3.05) is 26.2 Å². The van der Waals surface area contributed by atoms with Crippen molar-refractivity contribution >= 4 is 6.03 Å². The van der Waals surface area contributed by atoms with Crippen LogP contribution in [0, 0.1) is 28.9 Å². The number of alkyl halides is 3.